The number of pyridine rings is 1. The minimum absolute atomic E-state index is 0.0217. The summed E-state index contributed by atoms with van der Waals surface area (Å²) in [6, 6.07) is 1.40. The summed E-state index contributed by atoms with van der Waals surface area (Å²) in [5.41, 5.74) is 7.21. The van der Waals surface area contributed by atoms with E-state index >= 15 is 0 Å². The zero-order chi connectivity index (χ0) is 10.7. The lowest BCUT2D eigenvalue weighted by atomic mass is 10.1. The van der Waals surface area contributed by atoms with Gasteiger partial charge in [-0.15, -0.1) is 0 Å². The summed E-state index contributed by atoms with van der Waals surface area (Å²) in [6.45, 7) is 1.66. The Morgan fingerprint density at radius 3 is 2.86 bits per heavy atom. The number of aliphatic imine (C=N–C) groups is 1. The van der Waals surface area contributed by atoms with Crippen molar-refractivity contribution in [2.75, 3.05) is 12.8 Å². The van der Waals surface area contributed by atoms with Crippen LogP contribution in [0.1, 0.15) is 21.7 Å². The quantitative estimate of drug-likeness (QED) is 0.677. The monoisotopic (exact) mass is 193 g/mol. The second-order valence-electron chi connectivity index (χ2n) is 2.79. The second-order valence-corrected chi connectivity index (χ2v) is 2.79. The van der Waals surface area contributed by atoms with E-state index in [0.29, 0.717) is 16.9 Å². The van der Waals surface area contributed by atoms with E-state index in [9.17, 15) is 4.79 Å². The number of anilines is 1. The maximum Gasteiger partial charge on any atom is 0.354 e. The molecule has 1 rings (SSSR count). The van der Waals surface area contributed by atoms with Crippen molar-refractivity contribution < 1.29 is 9.90 Å². The molecule has 0 aliphatic carbocycles. The van der Waals surface area contributed by atoms with Gasteiger partial charge in [0.05, 0.1) is 11.4 Å². The van der Waals surface area contributed by atoms with E-state index in [1.54, 1.807) is 14.0 Å². The van der Waals surface area contributed by atoms with E-state index in [4.69, 9.17) is 10.8 Å². The van der Waals surface area contributed by atoms with Crippen LogP contribution in [0.4, 0.5) is 5.69 Å². The van der Waals surface area contributed by atoms with Crippen molar-refractivity contribution in [3.8, 4) is 0 Å². The Morgan fingerprint density at radius 1 is 1.71 bits per heavy atom. The largest absolute Gasteiger partial charge is 0.477 e. The van der Waals surface area contributed by atoms with E-state index in [0.717, 1.165) is 0 Å². The van der Waals surface area contributed by atoms with Crippen molar-refractivity contribution in [1.29, 1.82) is 0 Å². The van der Waals surface area contributed by atoms with E-state index in [-0.39, 0.29) is 5.69 Å². The van der Waals surface area contributed by atoms with Crippen molar-refractivity contribution in [3.05, 3.63) is 23.0 Å². The SMILES string of the molecule is CN=Cc1cc(C(=O)O)nc(C)c1N. The van der Waals surface area contributed by atoms with Gasteiger partial charge in [-0.3, -0.25) is 4.99 Å². The van der Waals surface area contributed by atoms with Crippen LogP contribution in [0, 0.1) is 6.92 Å². The van der Waals surface area contributed by atoms with Gasteiger partial charge in [-0.05, 0) is 13.0 Å². The maximum absolute atomic E-state index is 10.7. The molecule has 0 spiro atoms. The lowest BCUT2D eigenvalue weighted by Gasteiger charge is -2.04. The smallest absolute Gasteiger partial charge is 0.354 e. The molecule has 0 bridgehead atoms. The molecule has 0 atom stereocenters. The van der Waals surface area contributed by atoms with Gasteiger partial charge in [0.15, 0.2) is 0 Å². The summed E-state index contributed by atoms with van der Waals surface area (Å²) in [6.07, 6.45) is 1.51. The number of rotatable bonds is 2. The third-order valence-electron chi connectivity index (χ3n) is 1.77. The van der Waals surface area contributed by atoms with Gasteiger partial charge in [0.2, 0.25) is 0 Å². The van der Waals surface area contributed by atoms with Crippen LogP contribution in [0.25, 0.3) is 0 Å². The summed E-state index contributed by atoms with van der Waals surface area (Å²) >= 11 is 0. The Balaban J connectivity index is 3.35. The molecule has 0 aliphatic heterocycles. The Morgan fingerprint density at radius 2 is 2.36 bits per heavy atom. The molecule has 5 heteroatoms. The number of carboxylic acids is 1. The number of hydrogen-bond donors (Lipinski definition) is 2. The van der Waals surface area contributed by atoms with Crippen molar-refractivity contribution >= 4 is 17.9 Å². The molecule has 1 aromatic heterocycles. The summed E-state index contributed by atoms with van der Waals surface area (Å²) < 4.78 is 0. The first kappa shape index (κ1) is 10.2. The summed E-state index contributed by atoms with van der Waals surface area (Å²) in [4.78, 5) is 18.3. The first-order valence-corrected chi connectivity index (χ1v) is 3.99. The van der Waals surface area contributed by atoms with Gasteiger partial charge < -0.3 is 10.8 Å². The Kier molecular flexibility index (Phi) is 2.81. The molecule has 14 heavy (non-hydrogen) atoms. The number of aryl methyl sites for hydroxylation is 1. The van der Waals surface area contributed by atoms with Crippen LogP contribution in [-0.4, -0.2) is 29.3 Å². The van der Waals surface area contributed by atoms with Crippen molar-refractivity contribution in [1.82, 2.24) is 4.98 Å². The average molecular weight is 193 g/mol. The van der Waals surface area contributed by atoms with Crippen LogP contribution in [-0.2, 0) is 0 Å². The van der Waals surface area contributed by atoms with E-state index in [1.165, 1.54) is 12.3 Å². The highest BCUT2D eigenvalue weighted by Crippen LogP contribution is 2.14. The van der Waals surface area contributed by atoms with Crippen molar-refractivity contribution in [2.24, 2.45) is 4.99 Å². The van der Waals surface area contributed by atoms with Crippen LogP contribution in [0.2, 0.25) is 0 Å². The normalized spacial score (nSPS) is 10.7. The maximum atomic E-state index is 10.7. The minimum atomic E-state index is -1.07. The first-order valence-electron chi connectivity index (χ1n) is 3.99. The molecule has 74 valence electrons. The van der Waals surface area contributed by atoms with Crippen LogP contribution in [0.15, 0.2) is 11.1 Å². The molecule has 0 saturated heterocycles. The van der Waals surface area contributed by atoms with E-state index in [1.807, 2.05) is 0 Å². The number of carboxylic acid groups (broad SMARTS) is 1. The molecule has 0 unspecified atom stereocenters. The fourth-order valence-corrected chi connectivity index (χ4v) is 1.06. The molecular formula is C9H11N3O2. The van der Waals surface area contributed by atoms with Crippen LogP contribution >= 0.6 is 0 Å². The topological polar surface area (TPSA) is 88.6 Å². The molecule has 5 nitrogen and oxygen atoms in total. The number of hydrogen-bond acceptors (Lipinski definition) is 4. The molecule has 1 aromatic rings. The molecule has 3 N–H and O–H groups in total. The summed E-state index contributed by atoms with van der Waals surface area (Å²) in [7, 11) is 1.59. The molecule has 0 saturated carbocycles. The molecule has 0 aliphatic rings. The molecule has 1 heterocycles. The second kappa shape index (κ2) is 3.87. The van der Waals surface area contributed by atoms with Gasteiger partial charge in [-0.1, -0.05) is 0 Å². The summed E-state index contributed by atoms with van der Waals surface area (Å²) in [5.74, 6) is -1.07. The van der Waals surface area contributed by atoms with Gasteiger partial charge in [0.25, 0.3) is 0 Å². The zero-order valence-corrected chi connectivity index (χ0v) is 7.98. The molecule has 0 amide bonds. The third kappa shape index (κ3) is 1.87. The Bertz CT molecular complexity index is 399. The highest BCUT2D eigenvalue weighted by atomic mass is 16.4. The zero-order valence-electron chi connectivity index (χ0n) is 7.98. The molecule has 0 radical (unpaired) electrons. The molecule has 0 fully saturated rings. The number of nitrogens with two attached hydrogens (primary N) is 1. The van der Waals surface area contributed by atoms with Crippen molar-refractivity contribution in [3.63, 3.8) is 0 Å². The van der Waals surface area contributed by atoms with E-state index in [2.05, 4.69) is 9.98 Å². The predicted octanol–water partition coefficient (Wildman–Crippen LogP) is 0.719. The first-order chi connectivity index (χ1) is 6.56. The third-order valence-corrected chi connectivity index (χ3v) is 1.77. The van der Waals surface area contributed by atoms with Gasteiger partial charge >= 0.3 is 5.97 Å². The Hall–Kier alpha value is -1.91. The predicted molar refractivity (Wildman–Crippen MR) is 53.9 cm³/mol. The number of nitrogens with zero attached hydrogens (tertiary/aromatic N) is 2. The lowest BCUT2D eigenvalue weighted by molar-refractivity contribution is 0.0690. The van der Waals surface area contributed by atoms with E-state index < -0.39 is 5.97 Å². The number of nitrogen functional groups attached to an aromatic ring is 1. The molecular weight excluding hydrogens is 182 g/mol. The molecule has 0 aromatic carbocycles. The van der Waals surface area contributed by atoms with Crippen molar-refractivity contribution in [2.45, 2.75) is 6.92 Å². The number of carbonyl (C=O) groups is 1. The van der Waals surface area contributed by atoms with Gasteiger partial charge in [0.1, 0.15) is 5.69 Å². The minimum Gasteiger partial charge on any atom is -0.477 e. The highest BCUT2D eigenvalue weighted by molar-refractivity contribution is 5.93. The van der Waals surface area contributed by atoms with Crippen LogP contribution in [0.5, 0.6) is 0 Å². The van der Waals surface area contributed by atoms with Gasteiger partial charge in [-0.2, -0.15) is 0 Å². The fourth-order valence-electron chi connectivity index (χ4n) is 1.06. The average Bonchev–Trinajstić information content (AvgIpc) is 2.12. The highest BCUT2D eigenvalue weighted by Gasteiger charge is 2.09. The standard InChI is InChI=1S/C9H11N3O2/c1-5-8(10)6(4-11-2)3-7(12-5)9(13)14/h3-4H,10H2,1-2H3,(H,13,14). The number of aromatic carboxylic acids is 1. The number of aromatic nitrogens is 1. The van der Waals surface area contributed by atoms with Crippen LogP contribution in [0.3, 0.4) is 0 Å². The van der Waals surface area contributed by atoms with Crippen LogP contribution < -0.4 is 5.73 Å². The fraction of sp³-hybridized carbons (Fsp3) is 0.222. The van der Waals surface area contributed by atoms with Gasteiger partial charge in [-0.25, -0.2) is 9.78 Å². The summed E-state index contributed by atoms with van der Waals surface area (Å²) in [5, 5.41) is 8.75. The lowest BCUT2D eigenvalue weighted by Crippen LogP contribution is -2.07. The Labute approximate surface area is 81.3 Å². The van der Waals surface area contributed by atoms with Gasteiger partial charge in [0, 0.05) is 18.8 Å².